The van der Waals surface area contributed by atoms with Gasteiger partial charge in [0.1, 0.15) is 0 Å². The molecule has 0 N–H and O–H groups in total. The van der Waals surface area contributed by atoms with Gasteiger partial charge in [-0.3, -0.25) is 0 Å². The summed E-state index contributed by atoms with van der Waals surface area (Å²) in [5.41, 5.74) is 4.05. The summed E-state index contributed by atoms with van der Waals surface area (Å²) in [6.45, 7) is 2.17. The second kappa shape index (κ2) is 4.79. The fourth-order valence-electron chi connectivity index (χ4n) is 1.71. The molecule has 0 aliphatic heterocycles. The van der Waals surface area contributed by atoms with Crippen LogP contribution in [0.25, 0.3) is 0 Å². The van der Waals surface area contributed by atoms with Gasteiger partial charge in [-0.25, -0.2) is 0 Å². The molecular weight excluding hydrogens is 180 g/mol. The highest BCUT2D eigenvalue weighted by Gasteiger charge is 2.00. The van der Waals surface area contributed by atoms with E-state index in [2.05, 4.69) is 61.6 Å². The zero-order valence-corrected chi connectivity index (χ0v) is 9.11. The Hall–Kier alpha value is -1.56. The van der Waals surface area contributed by atoms with Gasteiger partial charge in [-0.15, -0.1) is 0 Å². The van der Waals surface area contributed by atoms with Crippen LogP contribution < -0.4 is 0 Å². The van der Waals surface area contributed by atoms with Crippen molar-refractivity contribution in [2.24, 2.45) is 0 Å². The molecule has 0 aromatic heterocycles. The summed E-state index contributed by atoms with van der Waals surface area (Å²) in [5, 5.41) is 0. The molecule has 0 aromatic carbocycles. The summed E-state index contributed by atoms with van der Waals surface area (Å²) in [6.07, 6.45) is 21.8. The van der Waals surface area contributed by atoms with Gasteiger partial charge in [-0.2, -0.15) is 0 Å². The summed E-state index contributed by atoms with van der Waals surface area (Å²) >= 11 is 0. The molecule has 2 aliphatic carbocycles. The lowest BCUT2D eigenvalue weighted by molar-refractivity contribution is 1.22. The highest BCUT2D eigenvalue weighted by atomic mass is 14.1. The molecule has 0 bridgehead atoms. The molecule has 0 spiro atoms. The quantitative estimate of drug-likeness (QED) is 0.587. The Morgan fingerprint density at radius 2 is 1.87 bits per heavy atom. The van der Waals surface area contributed by atoms with Crippen molar-refractivity contribution in [2.75, 3.05) is 0 Å². The van der Waals surface area contributed by atoms with Crippen molar-refractivity contribution in [3.8, 4) is 0 Å². The predicted octanol–water partition coefficient (Wildman–Crippen LogP) is 4.26. The third-order valence-electron chi connectivity index (χ3n) is 2.61. The SMILES string of the molecule is CC1=CC=C(C2=CCC=CC=C2)C=CC1. The van der Waals surface area contributed by atoms with E-state index in [-0.39, 0.29) is 0 Å². The van der Waals surface area contributed by atoms with Crippen molar-refractivity contribution in [1.82, 2.24) is 0 Å². The molecule has 0 saturated carbocycles. The maximum absolute atomic E-state index is 2.27. The third-order valence-corrected chi connectivity index (χ3v) is 2.61. The third kappa shape index (κ3) is 2.69. The Bertz CT molecular complexity index is 409. The average Bonchev–Trinajstić information content (AvgIpc) is 2.59. The number of rotatable bonds is 1. The van der Waals surface area contributed by atoms with Crippen LogP contribution in [0.5, 0.6) is 0 Å². The Kier molecular flexibility index (Phi) is 3.18. The minimum Gasteiger partial charge on any atom is -0.0807 e. The summed E-state index contributed by atoms with van der Waals surface area (Å²) in [6, 6.07) is 0. The van der Waals surface area contributed by atoms with Crippen LogP contribution in [0.4, 0.5) is 0 Å². The van der Waals surface area contributed by atoms with Crippen LogP contribution >= 0.6 is 0 Å². The van der Waals surface area contributed by atoms with Crippen LogP contribution in [0.1, 0.15) is 19.8 Å². The van der Waals surface area contributed by atoms with Crippen molar-refractivity contribution in [3.63, 3.8) is 0 Å². The first kappa shape index (κ1) is 9.97. The first-order valence-electron chi connectivity index (χ1n) is 5.44. The second-order valence-electron chi connectivity index (χ2n) is 3.92. The largest absolute Gasteiger partial charge is 0.0807 e. The van der Waals surface area contributed by atoms with E-state index in [1.807, 2.05) is 0 Å². The molecule has 0 atom stereocenters. The molecule has 0 saturated heterocycles. The van der Waals surface area contributed by atoms with Gasteiger partial charge >= 0.3 is 0 Å². The Morgan fingerprint density at radius 1 is 0.933 bits per heavy atom. The van der Waals surface area contributed by atoms with E-state index >= 15 is 0 Å². The molecule has 76 valence electrons. The van der Waals surface area contributed by atoms with Crippen LogP contribution in [0.3, 0.4) is 0 Å². The van der Waals surface area contributed by atoms with Gasteiger partial charge in [0.2, 0.25) is 0 Å². The van der Waals surface area contributed by atoms with Gasteiger partial charge < -0.3 is 0 Å². The van der Waals surface area contributed by atoms with Crippen molar-refractivity contribution in [1.29, 1.82) is 0 Å². The normalized spacial score (nSPS) is 20.2. The lowest BCUT2D eigenvalue weighted by Gasteiger charge is -2.00. The van der Waals surface area contributed by atoms with E-state index < -0.39 is 0 Å². The molecular formula is C15H16. The minimum atomic E-state index is 1.02. The van der Waals surface area contributed by atoms with Crippen LogP contribution in [0.15, 0.2) is 71.4 Å². The van der Waals surface area contributed by atoms with Gasteiger partial charge in [0, 0.05) is 0 Å². The maximum Gasteiger partial charge on any atom is -0.0135 e. The molecule has 2 rings (SSSR count). The highest BCUT2D eigenvalue weighted by molar-refractivity contribution is 5.50. The van der Waals surface area contributed by atoms with Gasteiger partial charge in [0.15, 0.2) is 0 Å². The molecule has 0 aromatic rings. The van der Waals surface area contributed by atoms with E-state index in [1.54, 1.807) is 0 Å². The fraction of sp³-hybridized carbons (Fsp3) is 0.200. The Balaban J connectivity index is 2.27. The minimum absolute atomic E-state index is 1.02. The molecule has 0 fully saturated rings. The number of hydrogen-bond donors (Lipinski definition) is 0. The second-order valence-corrected chi connectivity index (χ2v) is 3.92. The molecule has 0 nitrogen and oxygen atoms in total. The van der Waals surface area contributed by atoms with Gasteiger partial charge in [0.25, 0.3) is 0 Å². The lowest BCUT2D eigenvalue weighted by atomic mass is 10.0. The first-order valence-corrected chi connectivity index (χ1v) is 5.44. The number of hydrogen-bond acceptors (Lipinski definition) is 0. The smallest absolute Gasteiger partial charge is 0.0135 e. The zero-order chi connectivity index (χ0) is 10.5. The molecule has 0 unspecified atom stereocenters. The monoisotopic (exact) mass is 196 g/mol. The standard InChI is InChI=1S/C15H16/c1-13-7-6-10-15(12-11-13)14-8-4-2-3-5-9-14/h2-4,6,8-12H,5,7H2,1H3. The topological polar surface area (TPSA) is 0 Å². The Labute approximate surface area is 91.7 Å². The van der Waals surface area contributed by atoms with E-state index in [9.17, 15) is 0 Å². The van der Waals surface area contributed by atoms with Crippen LogP contribution in [0.2, 0.25) is 0 Å². The van der Waals surface area contributed by atoms with Gasteiger partial charge in [0.05, 0.1) is 0 Å². The summed E-state index contributed by atoms with van der Waals surface area (Å²) in [5.74, 6) is 0. The van der Waals surface area contributed by atoms with E-state index in [0.29, 0.717) is 0 Å². The predicted molar refractivity (Wildman–Crippen MR) is 66.6 cm³/mol. The van der Waals surface area contributed by atoms with Crippen molar-refractivity contribution < 1.29 is 0 Å². The van der Waals surface area contributed by atoms with Crippen LogP contribution in [-0.4, -0.2) is 0 Å². The van der Waals surface area contributed by atoms with E-state index in [1.165, 1.54) is 16.7 Å². The lowest BCUT2D eigenvalue weighted by Crippen LogP contribution is -1.81. The maximum atomic E-state index is 2.27. The van der Waals surface area contributed by atoms with Crippen LogP contribution in [0, 0.1) is 0 Å². The van der Waals surface area contributed by atoms with Crippen molar-refractivity contribution in [3.05, 3.63) is 71.4 Å². The number of allylic oxidation sites excluding steroid dienone is 12. The molecule has 0 heteroatoms. The summed E-state index contributed by atoms with van der Waals surface area (Å²) in [4.78, 5) is 0. The van der Waals surface area contributed by atoms with Gasteiger partial charge in [-0.05, 0) is 30.9 Å². The van der Waals surface area contributed by atoms with E-state index in [4.69, 9.17) is 0 Å². The van der Waals surface area contributed by atoms with Crippen molar-refractivity contribution in [2.45, 2.75) is 19.8 Å². The summed E-state index contributed by atoms with van der Waals surface area (Å²) in [7, 11) is 0. The highest BCUT2D eigenvalue weighted by Crippen LogP contribution is 2.20. The van der Waals surface area contributed by atoms with Gasteiger partial charge in [-0.1, -0.05) is 60.3 Å². The molecule has 0 amide bonds. The summed E-state index contributed by atoms with van der Waals surface area (Å²) < 4.78 is 0. The molecule has 15 heavy (non-hydrogen) atoms. The van der Waals surface area contributed by atoms with Crippen molar-refractivity contribution >= 4 is 0 Å². The zero-order valence-electron chi connectivity index (χ0n) is 9.11. The van der Waals surface area contributed by atoms with E-state index in [0.717, 1.165) is 12.8 Å². The molecule has 0 heterocycles. The average molecular weight is 196 g/mol. The first-order chi connectivity index (χ1) is 7.36. The Morgan fingerprint density at radius 3 is 2.80 bits per heavy atom. The van der Waals surface area contributed by atoms with Crippen LogP contribution in [-0.2, 0) is 0 Å². The molecule has 2 aliphatic rings. The molecule has 0 radical (unpaired) electrons. The fourth-order valence-corrected chi connectivity index (χ4v) is 1.71.